The molecular weight excluding hydrogens is 202 g/mol. The molecule has 86 valence electrons. The zero-order valence-corrected chi connectivity index (χ0v) is 9.57. The summed E-state index contributed by atoms with van der Waals surface area (Å²) < 4.78 is 0. The quantitative estimate of drug-likeness (QED) is 0.732. The van der Waals surface area contributed by atoms with Gasteiger partial charge in [-0.05, 0) is 17.7 Å². The number of aromatic nitrogens is 2. The number of nitrogens with zero attached hydrogens (tertiary/aromatic N) is 1. The third-order valence-electron chi connectivity index (χ3n) is 2.55. The Morgan fingerprint density at radius 3 is 3.00 bits per heavy atom. The fourth-order valence-electron chi connectivity index (χ4n) is 1.62. The van der Waals surface area contributed by atoms with Gasteiger partial charge in [0.15, 0.2) is 0 Å². The molecule has 0 amide bonds. The number of imidazole rings is 1. The third-order valence-corrected chi connectivity index (χ3v) is 2.55. The van der Waals surface area contributed by atoms with Crippen molar-refractivity contribution in [2.45, 2.75) is 26.0 Å². The first kappa shape index (κ1) is 11.1. The van der Waals surface area contributed by atoms with Crippen LogP contribution >= 0.6 is 0 Å². The van der Waals surface area contributed by atoms with Crippen molar-refractivity contribution < 1.29 is 5.11 Å². The fraction of sp³-hybridized carbons (Fsp3) is 0.417. The second-order valence-electron chi connectivity index (χ2n) is 4.26. The Morgan fingerprint density at radius 2 is 2.25 bits per heavy atom. The van der Waals surface area contributed by atoms with Crippen LogP contribution in [-0.4, -0.2) is 27.7 Å². The average molecular weight is 219 g/mol. The SMILES string of the molecule is CC(C)NC[C@H](O)c1ccc2[nH]cnc2c1. The molecule has 4 nitrogen and oxygen atoms in total. The molecule has 1 heterocycles. The molecule has 0 fully saturated rings. The predicted octanol–water partition coefficient (Wildman–Crippen LogP) is 1.59. The van der Waals surface area contributed by atoms with E-state index in [1.165, 1.54) is 0 Å². The second-order valence-corrected chi connectivity index (χ2v) is 4.26. The van der Waals surface area contributed by atoms with Crippen molar-refractivity contribution in [1.82, 2.24) is 15.3 Å². The number of benzene rings is 1. The Kier molecular flexibility index (Phi) is 3.22. The summed E-state index contributed by atoms with van der Waals surface area (Å²) in [6, 6.07) is 6.16. The number of aliphatic hydroxyl groups is 1. The highest BCUT2D eigenvalue weighted by atomic mass is 16.3. The van der Waals surface area contributed by atoms with Crippen LogP contribution in [0.15, 0.2) is 24.5 Å². The molecule has 1 aromatic carbocycles. The van der Waals surface area contributed by atoms with Gasteiger partial charge in [-0.25, -0.2) is 4.98 Å². The number of rotatable bonds is 4. The van der Waals surface area contributed by atoms with E-state index in [0.717, 1.165) is 16.6 Å². The van der Waals surface area contributed by atoms with Gasteiger partial charge in [0.25, 0.3) is 0 Å². The maximum absolute atomic E-state index is 9.97. The number of aromatic amines is 1. The van der Waals surface area contributed by atoms with Gasteiger partial charge in [-0.2, -0.15) is 0 Å². The van der Waals surface area contributed by atoms with Crippen LogP contribution in [0.5, 0.6) is 0 Å². The lowest BCUT2D eigenvalue weighted by molar-refractivity contribution is 0.172. The van der Waals surface area contributed by atoms with Crippen LogP contribution in [0, 0.1) is 0 Å². The van der Waals surface area contributed by atoms with Gasteiger partial charge in [-0.15, -0.1) is 0 Å². The largest absolute Gasteiger partial charge is 0.387 e. The predicted molar refractivity (Wildman–Crippen MR) is 64.2 cm³/mol. The third kappa shape index (κ3) is 2.40. The highest BCUT2D eigenvalue weighted by Gasteiger charge is 2.09. The molecule has 0 aliphatic carbocycles. The molecule has 16 heavy (non-hydrogen) atoms. The Labute approximate surface area is 94.7 Å². The normalized spacial score (nSPS) is 13.5. The molecule has 0 unspecified atom stereocenters. The van der Waals surface area contributed by atoms with Gasteiger partial charge in [0.2, 0.25) is 0 Å². The number of hydrogen-bond acceptors (Lipinski definition) is 3. The van der Waals surface area contributed by atoms with E-state index in [1.807, 2.05) is 18.2 Å². The van der Waals surface area contributed by atoms with Crippen LogP contribution in [0.2, 0.25) is 0 Å². The van der Waals surface area contributed by atoms with Crippen LogP contribution < -0.4 is 5.32 Å². The van der Waals surface area contributed by atoms with Gasteiger partial charge in [0.05, 0.1) is 23.5 Å². The summed E-state index contributed by atoms with van der Waals surface area (Å²) in [7, 11) is 0. The smallest absolute Gasteiger partial charge is 0.0931 e. The number of aliphatic hydroxyl groups excluding tert-OH is 1. The van der Waals surface area contributed by atoms with Crippen molar-refractivity contribution in [2.24, 2.45) is 0 Å². The van der Waals surface area contributed by atoms with E-state index in [1.54, 1.807) is 6.33 Å². The maximum atomic E-state index is 9.97. The summed E-state index contributed by atoms with van der Waals surface area (Å²) in [5, 5.41) is 13.2. The molecule has 0 bridgehead atoms. The topological polar surface area (TPSA) is 60.9 Å². The first-order valence-electron chi connectivity index (χ1n) is 5.51. The lowest BCUT2D eigenvalue weighted by Gasteiger charge is -2.14. The van der Waals surface area contributed by atoms with E-state index in [-0.39, 0.29) is 0 Å². The molecule has 0 saturated carbocycles. The maximum Gasteiger partial charge on any atom is 0.0931 e. The molecule has 3 N–H and O–H groups in total. The number of hydrogen-bond donors (Lipinski definition) is 3. The second kappa shape index (κ2) is 4.63. The number of H-pyrrole nitrogens is 1. The first-order chi connectivity index (χ1) is 7.66. The highest BCUT2D eigenvalue weighted by molar-refractivity contribution is 5.75. The Balaban J connectivity index is 2.12. The summed E-state index contributed by atoms with van der Waals surface area (Å²) in [6.07, 6.45) is 1.18. The van der Waals surface area contributed by atoms with E-state index >= 15 is 0 Å². The summed E-state index contributed by atoms with van der Waals surface area (Å²) in [5.74, 6) is 0. The van der Waals surface area contributed by atoms with Gasteiger partial charge in [-0.3, -0.25) is 0 Å². The van der Waals surface area contributed by atoms with Crippen molar-refractivity contribution in [3.8, 4) is 0 Å². The van der Waals surface area contributed by atoms with E-state index in [2.05, 4.69) is 29.1 Å². The number of fused-ring (bicyclic) bond motifs is 1. The average Bonchev–Trinajstić information content (AvgIpc) is 2.72. The molecule has 0 aliphatic heterocycles. The minimum absolute atomic E-state index is 0.378. The lowest BCUT2D eigenvalue weighted by Crippen LogP contribution is -2.27. The lowest BCUT2D eigenvalue weighted by atomic mass is 10.1. The van der Waals surface area contributed by atoms with Crippen molar-refractivity contribution >= 4 is 11.0 Å². The molecule has 1 atom stereocenters. The van der Waals surface area contributed by atoms with Gasteiger partial charge in [-0.1, -0.05) is 19.9 Å². The molecule has 4 heteroatoms. The molecule has 0 saturated heterocycles. The van der Waals surface area contributed by atoms with Crippen molar-refractivity contribution in [2.75, 3.05) is 6.54 Å². The van der Waals surface area contributed by atoms with E-state index < -0.39 is 6.10 Å². The van der Waals surface area contributed by atoms with Gasteiger partial charge in [0, 0.05) is 12.6 Å². The molecule has 2 aromatic rings. The van der Waals surface area contributed by atoms with Gasteiger partial charge in [0.1, 0.15) is 0 Å². The Morgan fingerprint density at radius 1 is 1.44 bits per heavy atom. The van der Waals surface area contributed by atoms with Crippen LogP contribution in [0.4, 0.5) is 0 Å². The fourth-order valence-corrected chi connectivity index (χ4v) is 1.62. The van der Waals surface area contributed by atoms with Crippen LogP contribution in [0.25, 0.3) is 11.0 Å². The van der Waals surface area contributed by atoms with Crippen LogP contribution in [0.1, 0.15) is 25.5 Å². The minimum Gasteiger partial charge on any atom is -0.387 e. The van der Waals surface area contributed by atoms with Crippen molar-refractivity contribution in [3.63, 3.8) is 0 Å². The standard InChI is InChI=1S/C12H17N3O/c1-8(2)13-6-12(16)9-3-4-10-11(5-9)15-7-14-10/h3-5,7-8,12-13,16H,6H2,1-2H3,(H,14,15)/t12-/m0/s1. The van der Waals surface area contributed by atoms with E-state index in [4.69, 9.17) is 0 Å². The van der Waals surface area contributed by atoms with E-state index in [9.17, 15) is 5.11 Å². The summed E-state index contributed by atoms with van der Waals surface area (Å²) in [4.78, 5) is 7.20. The summed E-state index contributed by atoms with van der Waals surface area (Å²) in [6.45, 7) is 4.68. The monoisotopic (exact) mass is 219 g/mol. The van der Waals surface area contributed by atoms with Crippen molar-refractivity contribution in [1.29, 1.82) is 0 Å². The Bertz CT molecular complexity index is 464. The van der Waals surface area contributed by atoms with Gasteiger partial charge >= 0.3 is 0 Å². The van der Waals surface area contributed by atoms with Crippen LogP contribution in [0.3, 0.4) is 0 Å². The zero-order chi connectivity index (χ0) is 11.5. The molecule has 0 spiro atoms. The highest BCUT2D eigenvalue weighted by Crippen LogP contribution is 2.17. The molecule has 2 rings (SSSR count). The molecule has 0 aliphatic rings. The molecular formula is C12H17N3O. The molecule has 0 radical (unpaired) electrons. The Hall–Kier alpha value is -1.39. The number of nitrogens with one attached hydrogen (secondary N) is 2. The zero-order valence-electron chi connectivity index (χ0n) is 9.57. The van der Waals surface area contributed by atoms with Crippen molar-refractivity contribution in [3.05, 3.63) is 30.1 Å². The van der Waals surface area contributed by atoms with Gasteiger partial charge < -0.3 is 15.4 Å². The summed E-state index contributed by atoms with van der Waals surface area (Å²) >= 11 is 0. The summed E-state index contributed by atoms with van der Waals surface area (Å²) in [5.41, 5.74) is 2.78. The minimum atomic E-state index is -0.483. The van der Waals surface area contributed by atoms with Crippen LogP contribution in [-0.2, 0) is 0 Å². The molecule has 1 aromatic heterocycles. The van der Waals surface area contributed by atoms with E-state index in [0.29, 0.717) is 12.6 Å². The first-order valence-corrected chi connectivity index (χ1v) is 5.51.